The summed E-state index contributed by atoms with van der Waals surface area (Å²) in [6.45, 7) is 6.11. The molecule has 5 nitrogen and oxygen atoms in total. The Morgan fingerprint density at radius 1 is 1.40 bits per heavy atom. The van der Waals surface area contributed by atoms with Gasteiger partial charge >= 0.3 is 0 Å². The summed E-state index contributed by atoms with van der Waals surface area (Å²) in [5.41, 5.74) is 2.26. The van der Waals surface area contributed by atoms with Crippen molar-refractivity contribution in [3.63, 3.8) is 0 Å². The Hall–Kier alpha value is -1.99. The molecule has 2 atom stereocenters. The number of carbonyl (C=O) groups excluding carboxylic acids is 1. The lowest BCUT2D eigenvalue weighted by Gasteiger charge is -2.18. The maximum atomic E-state index is 12.6. The van der Waals surface area contributed by atoms with Crippen LogP contribution in [0.4, 0.5) is 0 Å². The Labute approximate surface area is 155 Å². The molecule has 3 aromatic heterocycles. The maximum Gasteiger partial charge on any atom is 0.222 e. The van der Waals surface area contributed by atoms with Gasteiger partial charge in [0.05, 0.1) is 18.1 Å². The Balaban J connectivity index is 1.71. The summed E-state index contributed by atoms with van der Waals surface area (Å²) in [5, 5.41) is 8.35. The zero-order valence-electron chi connectivity index (χ0n) is 14.6. The summed E-state index contributed by atoms with van der Waals surface area (Å²) in [6, 6.07) is 2.09. The molecule has 0 radical (unpaired) electrons. The van der Waals surface area contributed by atoms with Crippen LogP contribution in [0.3, 0.4) is 0 Å². The molecule has 0 fully saturated rings. The second-order valence-corrected chi connectivity index (χ2v) is 8.23. The molecular weight excluding hydrogens is 352 g/mol. The van der Waals surface area contributed by atoms with Gasteiger partial charge in [0.1, 0.15) is 5.01 Å². The highest BCUT2D eigenvalue weighted by molar-refractivity contribution is 7.11. The van der Waals surface area contributed by atoms with Gasteiger partial charge in [0, 0.05) is 36.2 Å². The lowest BCUT2D eigenvalue weighted by atomic mass is 10.1. The molecule has 0 bridgehead atoms. The van der Waals surface area contributed by atoms with Gasteiger partial charge in [-0.15, -0.1) is 11.3 Å². The van der Waals surface area contributed by atoms with Gasteiger partial charge in [0.15, 0.2) is 0 Å². The first-order valence-corrected chi connectivity index (χ1v) is 10.0. The molecule has 7 heteroatoms. The number of thiophene rings is 1. The number of imidazole rings is 1. The third-order valence-electron chi connectivity index (χ3n) is 4.21. The van der Waals surface area contributed by atoms with E-state index in [0.717, 1.165) is 17.1 Å². The summed E-state index contributed by atoms with van der Waals surface area (Å²) in [4.78, 5) is 22.5. The average molecular weight is 375 g/mol. The predicted octanol–water partition coefficient (Wildman–Crippen LogP) is 4.07. The summed E-state index contributed by atoms with van der Waals surface area (Å²) in [7, 11) is 0. The van der Waals surface area contributed by atoms with Crippen molar-refractivity contribution in [3.8, 4) is 0 Å². The topological polar surface area (TPSA) is 59.8 Å². The van der Waals surface area contributed by atoms with Crippen molar-refractivity contribution in [1.82, 2.24) is 19.9 Å². The zero-order valence-corrected chi connectivity index (χ0v) is 16.2. The fourth-order valence-electron chi connectivity index (χ4n) is 2.65. The van der Waals surface area contributed by atoms with Crippen LogP contribution in [0.1, 0.15) is 46.6 Å². The number of nitrogens with one attached hydrogen (secondary N) is 1. The lowest BCUT2D eigenvalue weighted by molar-refractivity contribution is -0.122. The molecule has 3 aromatic rings. The number of amides is 1. The molecule has 0 unspecified atom stereocenters. The van der Waals surface area contributed by atoms with Crippen LogP contribution in [0.2, 0.25) is 0 Å². The van der Waals surface area contributed by atoms with Crippen molar-refractivity contribution in [2.45, 2.75) is 45.7 Å². The molecule has 0 aliphatic rings. The van der Waals surface area contributed by atoms with E-state index in [1.807, 2.05) is 24.6 Å². The van der Waals surface area contributed by atoms with Crippen molar-refractivity contribution in [1.29, 1.82) is 0 Å². The van der Waals surface area contributed by atoms with Gasteiger partial charge in [-0.3, -0.25) is 4.79 Å². The number of nitrogens with zero attached hydrogens (tertiary/aromatic N) is 3. The highest BCUT2D eigenvalue weighted by Crippen LogP contribution is 2.26. The van der Waals surface area contributed by atoms with Crippen LogP contribution in [-0.4, -0.2) is 20.4 Å². The molecule has 0 aliphatic heterocycles. The highest BCUT2D eigenvalue weighted by Gasteiger charge is 2.21. The number of rotatable bonds is 7. The van der Waals surface area contributed by atoms with Gasteiger partial charge in [-0.05, 0) is 43.2 Å². The first-order valence-electron chi connectivity index (χ1n) is 8.24. The van der Waals surface area contributed by atoms with Crippen LogP contribution in [-0.2, 0) is 11.2 Å². The molecule has 1 amide bonds. The summed E-state index contributed by atoms with van der Waals surface area (Å²) >= 11 is 3.34. The Morgan fingerprint density at radius 3 is 2.84 bits per heavy atom. The molecular formula is C18H22N4OS2. The Morgan fingerprint density at radius 2 is 2.24 bits per heavy atom. The van der Waals surface area contributed by atoms with Crippen molar-refractivity contribution in [2.75, 3.05) is 0 Å². The second-order valence-electron chi connectivity index (χ2n) is 6.21. The van der Waals surface area contributed by atoms with Crippen molar-refractivity contribution >= 4 is 28.6 Å². The fraction of sp³-hybridized carbons (Fsp3) is 0.389. The average Bonchev–Trinajstić information content (AvgIpc) is 3.30. The normalized spacial score (nSPS) is 13.6. The minimum Gasteiger partial charge on any atom is -0.346 e. The largest absolute Gasteiger partial charge is 0.346 e. The van der Waals surface area contributed by atoms with Gasteiger partial charge in [-0.1, -0.05) is 0 Å². The van der Waals surface area contributed by atoms with Crippen LogP contribution in [0.5, 0.6) is 0 Å². The monoisotopic (exact) mass is 374 g/mol. The minimum atomic E-state index is -0.0884. The highest BCUT2D eigenvalue weighted by atomic mass is 32.1. The molecule has 132 valence electrons. The standard InChI is InChI=1S/C18H22N4OS2/c1-12(22-6-5-19-11-22)8-17(23)21-16(9-15-4-7-24-10-15)18-20-13(2)14(3)25-18/h4-7,10-12,16H,8-9H2,1-3H3,(H,21,23)/t12-,16+/m0/s1. The smallest absolute Gasteiger partial charge is 0.222 e. The maximum absolute atomic E-state index is 12.6. The number of aromatic nitrogens is 3. The van der Waals surface area contributed by atoms with E-state index in [1.165, 1.54) is 10.4 Å². The van der Waals surface area contributed by atoms with Crippen LogP contribution in [0.25, 0.3) is 0 Å². The van der Waals surface area contributed by atoms with E-state index in [1.54, 1.807) is 35.2 Å². The number of hydrogen-bond donors (Lipinski definition) is 1. The van der Waals surface area contributed by atoms with Crippen LogP contribution in [0, 0.1) is 13.8 Å². The second kappa shape index (κ2) is 7.93. The number of thiazole rings is 1. The van der Waals surface area contributed by atoms with E-state index in [9.17, 15) is 4.79 Å². The van der Waals surface area contributed by atoms with Gasteiger partial charge < -0.3 is 9.88 Å². The van der Waals surface area contributed by atoms with Crippen LogP contribution in [0.15, 0.2) is 35.5 Å². The Kier molecular flexibility index (Phi) is 5.65. The quantitative estimate of drug-likeness (QED) is 0.678. The number of aryl methyl sites for hydroxylation is 2. The first-order chi connectivity index (χ1) is 12.0. The molecule has 0 saturated heterocycles. The van der Waals surface area contributed by atoms with E-state index in [4.69, 9.17) is 0 Å². The third kappa shape index (κ3) is 4.55. The van der Waals surface area contributed by atoms with E-state index in [-0.39, 0.29) is 18.0 Å². The molecule has 3 heterocycles. The first kappa shape index (κ1) is 17.8. The van der Waals surface area contributed by atoms with Gasteiger partial charge in [-0.25, -0.2) is 9.97 Å². The Bertz CT molecular complexity index is 789. The van der Waals surface area contributed by atoms with Gasteiger partial charge in [0.25, 0.3) is 0 Å². The predicted molar refractivity (Wildman–Crippen MR) is 102 cm³/mol. The van der Waals surface area contributed by atoms with Crippen molar-refractivity contribution in [2.24, 2.45) is 0 Å². The van der Waals surface area contributed by atoms with Gasteiger partial charge in [-0.2, -0.15) is 11.3 Å². The SMILES string of the molecule is Cc1nc([C@@H](Cc2ccsc2)NC(=O)C[C@H](C)n2ccnc2)sc1C. The molecule has 0 spiro atoms. The summed E-state index contributed by atoms with van der Waals surface area (Å²) in [5.74, 6) is 0.0342. The van der Waals surface area contributed by atoms with Crippen LogP contribution >= 0.6 is 22.7 Å². The van der Waals surface area contributed by atoms with Crippen molar-refractivity contribution in [3.05, 3.63) is 56.7 Å². The van der Waals surface area contributed by atoms with Crippen molar-refractivity contribution < 1.29 is 4.79 Å². The summed E-state index contributed by atoms with van der Waals surface area (Å²) in [6.07, 6.45) is 6.54. The minimum absolute atomic E-state index is 0.0342. The van der Waals surface area contributed by atoms with E-state index in [2.05, 4.69) is 39.0 Å². The molecule has 25 heavy (non-hydrogen) atoms. The summed E-state index contributed by atoms with van der Waals surface area (Å²) < 4.78 is 1.95. The van der Waals surface area contributed by atoms with E-state index < -0.39 is 0 Å². The third-order valence-corrected chi connectivity index (χ3v) is 6.13. The van der Waals surface area contributed by atoms with Gasteiger partial charge in [0.2, 0.25) is 5.91 Å². The van der Waals surface area contributed by atoms with E-state index in [0.29, 0.717) is 6.42 Å². The fourth-order valence-corrected chi connectivity index (χ4v) is 4.30. The number of carbonyl (C=O) groups is 1. The lowest BCUT2D eigenvalue weighted by Crippen LogP contribution is -2.31. The molecule has 0 saturated carbocycles. The zero-order chi connectivity index (χ0) is 17.8. The molecule has 1 N–H and O–H groups in total. The molecule has 0 aliphatic carbocycles. The molecule has 3 rings (SSSR count). The molecule has 0 aromatic carbocycles. The van der Waals surface area contributed by atoms with Crippen LogP contribution < -0.4 is 5.32 Å². The number of hydrogen-bond acceptors (Lipinski definition) is 5. The van der Waals surface area contributed by atoms with E-state index >= 15 is 0 Å².